The second-order valence-corrected chi connectivity index (χ2v) is 3.36. The van der Waals surface area contributed by atoms with Gasteiger partial charge >= 0.3 is 0 Å². The lowest BCUT2D eigenvalue weighted by Crippen LogP contribution is -1.95. The van der Waals surface area contributed by atoms with E-state index in [2.05, 4.69) is 10.1 Å². The van der Waals surface area contributed by atoms with Gasteiger partial charge in [-0.25, -0.2) is 4.98 Å². The molecule has 2 rings (SSSR count). The molecule has 15 heavy (non-hydrogen) atoms. The van der Waals surface area contributed by atoms with Crippen LogP contribution >= 0.6 is 0 Å². The first-order valence-corrected chi connectivity index (χ1v) is 4.54. The zero-order valence-corrected chi connectivity index (χ0v) is 8.64. The molecule has 0 atom stereocenters. The van der Waals surface area contributed by atoms with Crippen LogP contribution in [0.25, 0.3) is 0 Å². The summed E-state index contributed by atoms with van der Waals surface area (Å²) in [6.07, 6.45) is 5.07. The lowest BCUT2D eigenvalue weighted by molar-refractivity contribution is 0.465. The van der Waals surface area contributed by atoms with Crippen LogP contribution < -0.4 is 10.5 Å². The van der Waals surface area contributed by atoms with Gasteiger partial charge in [-0.05, 0) is 18.6 Å². The van der Waals surface area contributed by atoms with Gasteiger partial charge in [-0.3, -0.25) is 4.68 Å². The fourth-order valence-electron chi connectivity index (χ4n) is 1.23. The summed E-state index contributed by atoms with van der Waals surface area (Å²) in [4.78, 5) is 4.10. The Morgan fingerprint density at radius 2 is 2.20 bits per heavy atom. The number of hydrogen-bond acceptors (Lipinski definition) is 4. The molecule has 0 saturated heterocycles. The molecule has 0 bridgehead atoms. The number of anilines is 1. The van der Waals surface area contributed by atoms with Crippen LogP contribution in [0.5, 0.6) is 11.6 Å². The van der Waals surface area contributed by atoms with Crippen molar-refractivity contribution in [1.82, 2.24) is 14.8 Å². The van der Waals surface area contributed by atoms with Gasteiger partial charge in [0.1, 0.15) is 0 Å². The van der Waals surface area contributed by atoms with E-state index in [0.717, 1.165) is 5.56 Å². The molecule has 0 radical (unpaired) electrons. The minimum atomic E-state index is 0.411. The SMILES string of the molecule is Cc1cnc(Oc2cnn(C)c2)c(N)c1. The molecule has 0 spiro atoms. The van der Waals surface area contributed by atoms with Gasteiger partial charge in [-0.2, -0.15) is 5.10 Å². The molecule has 5 heteroatoms. The Morgan fingerprint density at radius 1 is 1.40 bits per heavy atom. The fourth-order valence-corrected chi connectivity index (χ4v) is 1.23. The first-order chi connectivity index (χ1) is 7.15. The van der Waals surface area contributed by atoms with E-state index < -0.39 is 0 Å². The van der Waals surface area contributed by atoms with E-state index in [1.54, 1.807) is 23.3 Å². The maximum Gasteiger partial charge on any atom is 0.242 e. The Balaban J connectivity index is 2.24. The number of aryl methyl sites for hydroxylation is 2. The molecule has 0 amide bonds. The van der Waals surface area contributed by atoms with E-state index in [0.29, 0.717) is 17.3 Å². The molecule has 78 valence electrons. The first kappa shape index (κ1) is 9.51. The van der Waals surface area contributed by atoms with Crippen LogP contribution in [0.3, 0.4) is 0 Å². The third-order valence-corrected chi connectivity index (χ3v) is 1.91. The molecule has 2 N–H and O–H groups in total. The molecule has 5 nitrogen and oxygen atoms in total. The summed E-state index contributed by atoms with van der Waals surface area (Å²) in [5.41, 5.74) is 7.29. The monoisotopic (exact) mass is 204 g/mol. The summed E-state index contributed by atoms with van der Waals surface area (Å²) in [6, 6.07) is 1.82. The van der Waals surface area contributed by atoms with Crippen molar-refractivity contribution in [2.24, 2.45) is 7.05 Å². The number of rotatable bonds is 2. The number of nitrogens with zero attached hydrogens (tertiary/aromatic N) is 3. The van der Waals surface area contributed by atoms with Crippen molar-refractivity contribution in [1.29, 1.82) is 0 Å². The Labute approximate surface area is 87.5 Å². The average Bonchev–Trinajstić information content (AvgIpc) is 2.56. The molecular weight excluding hydrogens is 192 g/mol. The Morgan fingerprint density at radius 3 is 2.80 bits per heavy atom. The third-order valence-electron chi connectivity index (χ3n) is 1.91. The van der Waals surface area contributed by atoms with E-state index in [9.17, 15) is 0 Å². The van der Waals surface area contributed by atoms with Crippen LogP contribution in [-0.2, 0) is 7.05 Å². The highest BCUT2D eigenvalue weighted by molar-refractivity contribution is 5.50. The van der Waals surface area contributed by atoms with Gasteiger partial charge in [0.2, 0.25) is 5.88 Å². The second kappa shape index (κ2) is 3.61. The van der Waals surface area contributed by atoms with Gasteiger partial charge in [0.25, 0.3) is 0 Å². The molecule has 2 aromatic rings. The molecule has 0 fully saturated rings. The zero-order chi connectivity index (χ0) is 10.8. The number of aromatic nitrogens is 3. The summed E-state index contributed by atoms with van der Waals surface area (Å²) in [7, 11) is 1.82. The van der Waals surface area contributed by atoms with Crippen LogP contribution in [-0.4, -0.2) is 14.8 Å². The molecule has 0 aromatic carbocycles. The molecule has 0 aliphatic carbocycles. The number of ether oxygens (including phenoxy) is 1. The van der Waals surface area contributed by atoms with Gasteiger partial charge in [0.05, 0.1) is 18.1 Å². The predicted molar refractivity (Wildman–Crippen MR) is 56.7 cm³/mol. The van der Waals surface area contributed by atoms with Gasteiger partial charge in [-0.15, -0.1) is 0 Å². The smallest absolute Gasteiger partial charge is 0.242 e. The molecule has 0 aliphatic rings. The average molecular weight is 204 g/mol. The standard InChI is InChI=1S/C10H12N4O/c1-7-3-9(11)10(12-4-7)15-8-5-13-14(2)6-8/h3-6H,11H2,1-2H3. The Hall–Kier alpha value is -2.04. The number of nitrogen functional groups attached to an aromatic ring is 1. The number of pyridine rings is 1. The molecular formula is C10H12N4O. The van der Waals surface area contributed by atoms with Gasteiger partial charge < -0.3 is 10.5 Å². The minimum Gasteiger partial charge on any atom is -0.434 e. The lowest BCUT2D eigenvalue weighted by Gasteiger charge is -2.04. The molecule has 2 aromatic heterocycles. The van der Waals surface area contributed by atoms with Crippen LogP contribution in [0.1, 0.15) is 5.56 Å². The van der Waals surface area contributed by atoms with Crippen molar-refractivity contribution in [2.45, 2.75) is 6.92 Å². The van der Waals surface area contributed by atoms with Gasteiger partial charge in [-0.1, -0.05) is 0 Å². The van der Waals surface area contributed by atoms with Crippen LogP contribution in [0.2, 0.25) is 0 Å². The summed E-state index contributed by atoms with van der Waals surface area (Å²) in [5.74, 6) is 1.04. The van der Waals surface area contributed by atoms with Gasteiger partial charge in [0, 0.05) is 13.2 Å². The van der Waals surface area contributed by atoms with Crippen molar-refractivity contribution < 1.29 is 4.74 Å². The lowest BCUT2D eigenvalue weighted by atomic mass is 10.3. The highest BCUT2D eigenvalue weighted by Gasteiger charge is 2.05. The Kier molecular flexibility index (Phi) is 2.29. The summed E-state index contributed by atoms with van der Waals surface area (Å²) in [6.45, 7) is 1.93. The molecule has 0 unspecified atom stereocenters. The van der Waals surface area contributed by atoms with Crippen LogP contribution in [0, 0.1) is 6.92 Å². The number of nitrogens with two attached hydrogens (primary N) is 1. The summed E-state index contributed by atoms with van der Waals surface area (Å²) >= 11 is 0. The normalized spacial score (nSPS) is 10.3. The molecule has 2 heterocycles. The molecule has 0 saturated carbocycles. The minimum absolute atomic E-state index is 0.411. The van der Waals surface area contributed by atoms with E-state index >= 15 is 0 Å². The second-order valence-electron chi connectivity index (χ2n) is 3.36. The van der Waals surface area contributed by atoms with Crippen molar-refractivity contribution in [2.75, 3.05) is 5.73 Å². The fraction of sp³-hybridized carbons (Fsp3) is 0.200. The van der Waals surface area contributed by atoms with Crippen molar-refractivity contribution in [3.05, 3.63) is 30.2 Å². The zero-order valence-electron chi connectivity index (χ0n) is 8.64. The third kappa shape index (κ3) is 2.07. The van der Waals surface area contributed by atoms with Crippen LogP contribution in [0.4, 0.5) is 5.69 Å². The largest absolute Gasteiger partial charge is 0.434 e. The molecule has 0 aliphatic heterocycles. The summed E-state index contributed by atoms with van der Waals surface area (Å²) in [5, 5.41) is 3.98. The topological polar surface area (TPSA) is 66.0 Å². The number of hydrogen-bond donors (Lipinski definition) is 1. The predicted octanol–water partition coefficient (Wildman–Crippen LogP) is 1.50. The Bertz CT molecular complexity index is 478. The van der Waals surface area contributed by atoms with Crippen molar-refractivity contribution in [3.63, 3.8) is 0 Å². The van der Waals surface area contributed by atoms with E-state index in [1.165, 1.54) is 0 Å². The maximum absolute atomic E-state index is 5.76. The highest BCUT2D eigenvalue weighted by Crippen LogP contribution is 2.24. The van der Waals surface area contributed by atoms with E-state index in [4.69, 9.17) is 10.5 Å². The van der Waals surface area contributed by atoms with Gasteiger partial charge in [0.15, 0.2) is 5.75 Å². The summed E-state index contributed by atoms with van der Waals surface area (Å²) < 4.78 is 7.12. The van der Waals surface area contributed by atoms with Crippen LogP contribution in [0.15, 0.2) is 24.7 Å². The van der Waals surface area contributed by atoms with E-state index in [-0.39, 0.29) is 0 Å². The first-order valence-electron chi connectivity index (χ1n) is 4.54. The quantitative estimate of drug-likeness (QED) is 0.805. The van der Waals surface area contributed by atoms with E-state index in [1.807, 2.05) is 20.0 Å². The van der Waals surface area contributed by atoms with Crippen molar-refractivity contribution in [3.8, 4) is 11.6 Å². The maximum atomic E-state index is 5.76. The highest BCUT2D eigenvalue weighted by atomic mass is 16.5. The van der Waals surface area contributed by atoms with Crippen molar-refractivity contribution >= 4 is 5.69 Å².